The molecule has 1 saturated heterocycles. The zero-order valence-corrected chi connectivity index (χ0v) is 15.7. The van der Waals surface area contributed by atoms with Crippen molar-refractivity contribution in [2.45, 2.75) is 57.4 Å². The predicted octanol–water partition coefficient (Wildman–Crippen LogP) is 2.29. The number of hydrogen-bond donors (Lipinski definition) is 2. The van der Waals surface area contributed by atoms with Gasteiger partial charge in [0, 0.05) is 24.8 Å². The van der Waals surface area contributed by atoms with Gasteiger partial charge in [0.15, 0.2) is 18.0 Å². The molecule has 2 N–H and O–H groups in total. The predicted molar refractivity (Wildman–Crippen MR) is 101 cm³/mol. The molecule has 0 spiro atoms. The SMILES string of the molecule is CC1CCC(NC(=O)C[NH+]2CCC(c3nc4ccccc4o3)CC2)CC1. The van der Waals surface area contributed by atoms with Gasteiger partial charge >= 0.3 is 0 Å². The molecule has 0 unspecified atom stereocenters. The summed E-state index contributed by atoms with van der Waals surface area (Å²) >= 11 is 0. The Hall–Kier alpha value is -1.88. The first-order valence-electron chi connectivity index (χ1n) is 10.2. The number of para-hydroxylation sites is 2. The van der Waals surface area contributed by atoms with Crippen LogP contribution in [-0.4, -0.2) is 36.6 Å². The maximum absolute atomic E-state index is 12.4. The summed E-state index contributed by atoms with van der Waals surface area (Å²) in [5.74, 6) is 2.29. The van der Waals surface area contributed by atoms with Gasteiger partial charge in [-0.05, 0) is 43.7 Å². The lowest BCUT2D eigenvalue weighted by Crippen LogP contribution is -3.14. The number of oxazole rings is 1. The van der Waals surface area contributed by atoms with Crippen molar-refractivity contribution in [3.63, 3.8) is 0 Å². The highest BCUT2D eigenvalue weighted by Crippen LogP contribution is 2.27. The summed E-state index contributed by atoms with van der Waals surface area (Å²) in [6.07, 6.45) is 6.85. The van der Waals surface area contributed by atoms with Gasteiger partial charge in [-0.1, -0.05) is 19.1 Å². The molecule has 0 bridgehead atoms. The van der Waals surface area contributed by atoms with Crippen LogP contribution in [0.1, 0.15) is 57.3 Å². The lowest BCUT2D eigenvalue weighted by molar-refractivity contribution is -0.897. The standard InChI is InChI=1S/C21H29N3O2/c1-15-6-8-17(9-7-15)22-20(25)14-24-12-10-16(11-13-24)21-23-18-4-2-3-5-19(18)26-21/h2-5,15-17H,6-14H2,1H3,(H,22,25)/p+1. The monoisotopic (exact) mass is 356 g/mol. The summed E-state index contributed by atoms with van der Waals surface area (Å²) in [5, 5.41) is 3.26. The van der Waals surface area contributed by atoms with Crippen LogP contribution in [0.3, 0.4) is 0 Å². The molecule has 0 radical (unpaired) electrons. The van der Waals surface area contributed by atoms with E-state index in [1.807, 2.05) is 24.3 Å². The molecule has 2 aromatic rings. The fourth-order valence-electron chi connectivity index (χ4n) is 4.42. The second kappa shape index (κ2) is 7.78. The minimum absolute atomic E-state index is 0.222. The number of aromatic nitrogens is 1. The Morgan fingerprint density at radius 1 is 1.15 bits per heavy atom. The number of nitrogens with zero attached hydrogens (tertiary/aromatic N) is 1. The third kappa shape index (κ3) is 4.09. The van der Waals surface area contributed by atoms with E-state index < -0.39 is 0 Å². The van der Waals surface area contributed by atoms with E-state index in [9.17, 15) is 4.79 Å². The van der Waals surface area contributed by atoms with Gasteiger partial charge in [-0.15, -0.1) is 0 Å². The van der Waals surface area contributed by atoms with E-state index in [-0.39, 0.29) is 5.91 Å². The summed E-state index contributed by atoms with van der Waals surface area (Å²) in [7, 11) is 0. The summed E-state index contributed by atoms with van der Waals surface area (Å²) < 4.78 is 5.93. The second-order valence-electron chi connectivity index (χ2n) is 8.25. The van der Waals surface area contributed by atoms with Gasteiger partial charge in [0.25, 0.3) is 5.91 Å². The quantitative estimate of drug-likeness (QED) is 0.884. The topological polar surface area (TPSA) is 59.6 Å². The first kappa shape index (κ1) is 17.5. The lowest BCUT2D eigenvalue weighted by atomic mass is 9.87. The molecule has 0 atom stereocenters. The smallest absolute Gasteiger partial charge is 0.275 e. The molecule has 5 heteroatoms. The average molecular weight is 356 g/mol. The zero-order valence-electron chi connectivity index (χ0n) is 15.7. The van der Waals surface area contributed by atoms with E-state index in [1.165, 1.54) is 17.7 Å². The van der Waals surface area contributed by atoms with E-state index in [2.05, 4.69) is 17.2 Å². The van der Waals surface area contributed by atoms with E-state index >= 15 is 0 Å². The van der Waals surface area contributed by atoms with Crippen molar-refractivity contribution in [2.75, 3.05) is 19.6 Å². The van der Waals surface area contributed by atoms with E-state index in [0.29, 0.717) is 18.5 Å². The zero-order chi connectivity index (χ0) is 17.9. The Kier molecular flexibility index (Phi) is 5.25. The summed E-state index contributed by atoms with van der Waals surface area (Å²) in [4.78, 5) is 18.4. The van der Waals surface area contributed by atoms with Crippen LogP contribution in [0.25, 0.3) is 11.1 Å². The number of hydrogen-bond acceptors (Lipinski definition) is 3. The molecule has 1 aliphatic carbocycles. The number of fused-ring (bicyclic) bond motifs is 1. The third-order valence-electron chi connectivity index (χ3n) is 6.14. The number of nitrogens with one attached hydrogen (secondary N) is 2. The third-order valence-corrected chi connectivity index (χ3v) is 6.14. The van der Waals surface area contributed by atoms with Crippen LogP contribution in [0.5, 0.6) is 0 Å². The van der Waals surface area contributed by atoms with Crippen molar-refractivity contribution < 1.29 is 14.1 Å². The first-order valence-corrected chi connectivity index (χ1v) is 10.2. The van der Waals surface area contributed by atoms with Crippen molar-refractivity contribution in [2.24, 2.45) is 5.92 Å². The van der Waals surface area contributed by atoms with Crippen molar-refractivity contribution in [3.8, 4) is 0 Å². The fourth-order valence-corrected chi connectivity index (χ4v) is 4.42. The number of carbonyl (C=O) groups is 1. The average Bonchev–Trinajstić information content (AvgIpc) is 3.08. The maximum Gasteiger partial charge on any atom is 0.275 e. The minimum Gasteiger partial charge on any atom is -0.440 e. The molecule has 2 aliphatic rings. The van der Waals surface area contributed by atoms with Crippen LogP contribution in [0.15, 0.2) is 28.7 Å². The van der Waals surface area contributed by atoms with Crippen molar-refractivity contribution in [1.29, 1.82) is 0 Å². The lowest BCUT2D eigenvalue weighted by Gasteiger charge is -2.29. The molecule has 1 saturated carbocycles. The van der Waals surface area contributed by atoms with Crippen molar-refractivity contribution in [1.82, 2.24) is 10.3 Å². The normalized spacial score (nSPS) is 29.6. The molecule has 140 valence electrons. The Bertz CT molecular complexity index is 708. The molecule has 2 heterocycles. The Morgan fingerprint density at radius 2 is 1.88 bits per heavy atom. The number of rotatable bonds is 4. The highest BCUT2D eigenvalue weighted by atomic mass is 16.3. The van der Waals surface area contributed by atoms with Gasteiger partial charge in [-0.3, -0.25) is 4.79 Å². The largest absolute Gasteiger partial charge is 0.440 e. The van der Waals surface area contributed by atoms with E-state index in [0.717, 1.165) is 61.7 Å². The molecular weight excluding hydrogens is 326 g/mol. The molecule has 5 nitrogen and oxygen atoms in total. The number of benzene rings is 1. The maximum atomic E-state index is 12.4. The van der Waals surface area contributed by atoms with Crippen molar-refractivity contribution in [3.05, 3.63) is 30.2 Å². The van der Waals surface area contributed by atoms with Crippen LogP contribution in [0.2, 0.25) is 0 Å². The van der Waals surface area contributed by atoms with Crippen LogP contribution in [-0.2, 0) is 4.79 Å². The Balaban J connectivity index is 1.25. The first-order chi connectivity index (χ1) is 12.7. The minimum atomic E-state index is 0.222. The molecule has 1 aromatic heterocycles. The highest BCUT2D eigenvalue weighted by molar-refractivity contribution is 5.77. The number of piperidine rings is 1. The van der Waals surface area contributed by atoms with Gasteiger partial charge in [0.2, 0.25) is 0 Å². The number of amides is 1. The number of likely N-dealkylation sites (tertiary alicyclic amines) is 1. The van der Waals surface area contributed by atoms with Crippen molar-refractivity contribution >= 4 is 17.0 Å². The fraction of sp³-hybridized carbons (Fsp3) is 0.619. The van der Waals surface area contributed by atoms with Gasteiger partial charge in [0.1, 0.15) is 5.52 Å². The molecule has 26 heavy (non-hydrogen) atoms. The Labute approximate surface area is 155 Å². The highest BCUT2D eigenvalue weighted by Gasteiger charge is 2.29. The van der Waals surface area contributed by atoms with Gasteiger partial charge < -0.3 is 14.6 Å². The van der Waals surface area contributed by atoms with E-state index in [4.69, 9.17) is 4.42 Å². The molecule has 1 aromatic carbocycles. The summed E-state index contributed by atoms with van der Waals surface area (Å²) in [6.45, 7) is 4.94. The molecule has 2 fully saturated rings. The number of carbonyl (C=O) groups excluding carboxylic acids is 1. The van der Waals surface area contributed by atoms with Crippen LogP contribution in [0, 0.1) is 5.92 Å². The van der Waals surface area contributed by atoms with E-state index in [1.54, 1.807) is 0 Å². The molecule has 1 aliphatic heterocycles. The molecule has 1 amide bonds. The van der Waals surface area contributed by atoms with Gasteiger partial charge in [0.05, 0.1) is 13.1 Å². The summed E-state index contributed by atoms with van der Waals surface area (Å²) in [6, 6.07) is 8.35. The summed E-state index contributed by atoms with van der Waals surface area (Å²) in [5.41, 5.74) is 1.82. The van der Waals surface area contributed by atoms with Gasteiger partial charge in [-0.25, -0.2) is 4.98 Å². The van der Waals surface area contributed by atoms with Crippen LogP contribution in [0.4, 0.5) is 0 Å². The van der Waals surface area contributed by atoms with Crippen LogP contribution < -0.4 is 10.2 Å². The second-order valence-corrected chi connectivity index (χ2v) is 8.25. The molecular formula is C21H30N3O2+. The Morgan fingerprint density at radius 3 is 2.62 bits per heavy atom. The molecule has 4 rings (SSSR count). The number of quaternary nitrogens is 1. The van der Waals surface area contributed by atoms with Gasteiger partial charge in [-0.2, -0.15) is 0 Å². The van der Waals surface area contributed by atoms with Crippen LogP contribution >= 0.6 is 0 Å².